The van der Waals surface area contributed by atoms with Gasteiger partial charge in [-0.2, -0.15) is 0 Å². The molecule has 0 fully saturated rings. The second-order valence-electron chi connectivity index (χ2n) is 7.46. The molecule has 0 spiro atoms. The molecule has 0 aliphatic heterocycles. The number of benzene rings is 2. The molecule has 2 heterocycles. The molecule has 0 saturated carbocycles. The summed E-state index contributed by atoms with van der Waals surface area (Å²) in [6, 6.07) is 19.3. The molecule has 164 valence electrons. The topological polar surface area (TPSA) is 55.3 Å². The van der Waals surface area contributed by atoms with Crippen LogP contribution in [0, 0.1) is 0 Å². The van der Waals surface area contributed by atoms with Gasteiger partial charge in [-0.3, -0.25) is 14.7 Å². The van der Waals surface area contributed by atoms with E-state index in [1.807, 2.05) is 67.6 Å². The Balaban J connectivity index is 1.68. The average molecular weight is 464 g/mol. The van der Waals surface area contributed by atoms with Crippen LogP contribution in [0.25, 0.3) is 10.2 Å². The van der Waals surface area contributed by atoms with Gasteiger partial charge in [0.2, 0.25) is 0 Å². The summed E-state index contributed by atoms with van der Waals surface area (Å²) in [7, 11) is 0. The van der Waals surface area contributed by atoms with Gasteiger partial charge in [-0.05, 0) is 61.5 Å². The van der Waals surface area contributed by atoms with Crippen molar-refractivity contribution in [1.82, 2.24) is 9.97 Å². The number of anilines is 1. The highest BCUT2D eigenvalue weighted by Crippen LogP contribution is 2.33. The first kappa shape index (κ1) is 22.3. The first-order valence-electron chi connectivity index (χ1n) is 10.6. The van der Waals surface area contributed by atoms with Gasteiger partial charge in [0.05, 0.1) is 29.1 Å². The largest absolute Gasteiger partial charge is 0.494 e. The number of carbonyl (C=O) groups excluding carboxylic acids is 1. The van der Waals surface area contributed by atoms with Crippen molar-refractivity contribution in [2.24, 2.45) is 0 Å². The van der Waals surface area contributed by atoms with Gasteiger partial charge in [-0.15, -0.1) is 11.8 Å². The molecule has 32 heavy (non-hydrogen) atoms. The van der Waals surface area contributed by atoms with E-state index in [1.54, 1.807) is 22.9 Å². The van der Waals surface area contributed by atoms with Crippen molar-refractivity contribution in [3.8, 4) is 5.75 Å². The maximum atomic E-state index is 13.6. The summed E-state index contributed by atoms with van der Waals surface area (Å²) in [5.41, 5.74) is 2.28. The number of hydrogen-bond acceptors (Lipinski definition) is 6. The number of thiazole rings is 1. The van der Waals surface area contributed by atoms with E-state index < -0.39 is 0 Å². The third-order valence-electron chi connectivity index (χ3n) is 4.65. The molecule has 0 aliphatic carbocycles. The van der Waals surface area contributed by atoms with Crippen LogP contribution >= 0.6 is 23.1 Å². The van der Waals surface area contributed by atoms with E-state index in [4.69, 9.17) is 9.72 Å². The Labute approximate surface area is 196 Å². The van der Waals surface area contributed by atoms with Crippen molar-refractivity contribution < 1.29 is 9.53 Å². The van der Waals surface area contributed by atoms with Crippen LogP contribution in [0.1, 0.15) is 36.8 Å². The van der Waals surface area contributed by atoms with Gasteiger partial charge in [0, 0.05) is 21.9 Å². The van der Waals surface area contributed by atoms with E-state index in [9.17, 15) is 4.79 Å². The van der Waals surface area contributed by atoms with Crippen LogP contribution in [0.4, 0.5) is 5.13 Å². The maximum absolute atomic E-state index is 13.6. The number of aromatic nitrogens is 2. The van der Waals surface area contributed by atoms with Gasteiger partial charge in [-0.1, -0.05) is 31.3 Å². The lowest BCUT2D eigenvalue weighted by Crippen LogP contribution is -2.30. The molecule has 0 radical (unpaired) electrons. The molecule has 0 N–H and O–H groups in total. The number of rotatable bonds is 8. The van der Waals surface area contributed by atoms with Gasteiger partial charge in [0.1, 0.15) is 5.75 Å². The Bertz CT molecular complexity index is 1190. The molecule has 5 nitrogen and oxygen atoms in total. The zero-order valence-electron chi connectivity index (χ0n) is 18.3. The Morgan fingerprint density at radius 1 is 1.12 bits per heavy atom. The predicted octanol–water partition coefficient (Wildman–Crippen LogP) is 6.44. The third kappa shape index (κ3) is 5.29. The van der Waals surface area contributed by atoms with Crippen LogP contribution in [0.2, 0.25) is 0 Å². The molecule has 4 rings (SSSR count). The van der Waals surface area contributed by atoms with E-state index in [0.717, 1.165) is 26.6 Å². The monoisotopic (exact) mass is 463 g/mol. The SMILES string of the molecule is CCOc1ccc2nc(N(Cc3ccccn3)C(=O)c3ccc(SC(C)C)cc3)sc2c1. The number of pyridine rings is 1. The minimum Gasteiger partial charge on any atom is -0.494 e. The molecule has 0 aliphatic rings. The summed E-state index contributed by atoms with van der Waals surface area (Å²) in [5.74, 6) is 0.705. The fourth-order valence-electron chi connectivity index (χ4n) is 3.25. The van der Waals surface area contributed by atoms with Crippen molar-refractivity contribution in [3.05, 3.63) is 78.1 Å². The highest BCUT2D eigenvalue weighted by atomic mass is 32.2. The Morgan fingerprint density at radius 2 is 1.94 bits per heavy atom. The maximum Gasteiger partial charge on any atom is 0.260 e. The number of thioether (sulfide) groups is 1. The molecule has 0 saturated heterocycles. The second-order valence-corrected chi connectivity index (χ2v) is 10.1. The minimum atomic E-state index is -0.0964. The molecular weight excluding hydrogens is 438 g/mol. The van der Waals surface area contributed by atoms with Crippen LogP contribution in [0.5, 0.6) is 5.75 Å². The van der Waals surface area contributed by atoms with Gasteiger partial charge in [-0.25, -0.2) is 4.98 Å². The second kappa shape index (κ2) is 10.1. The summed E-state index contributed by atoms with van der Waals surface area (Å²) in [5, 5.41) is 1.13. The van der Waals surface area contributed by atoms with Crippen LogP contribution in [-0.4, -0.2) is 27.7 Å². The molecule has 0 bridgehead atoms. The molecule has 0 atom stereocenters. The van der Waals surface area contributed by atoms with Crippen LogP contribution in [-0.2, 0) is 6.54 Å². The normalized spacial score (nSPS) is 11.1. The number of fused-ring (bicyclic) bond motifs is 1. The summed E-state index contributed by atoms with van der Waals surface area (Å²) in [4.78, 5) is 25.6. The third-order valence-corrected chi connectivity index (χ3v) is 6.71. The van der Waals surface area contributed by atoms with Gasteiger partial charge in [0.15, 0.2) is 5.13 Å². The van der Waals surface area contributed by atoms with Crippen molar-refractivity contribution >= 4 is 44.4 Å². The van der Waals surface area contributed by atoms with Crippen molar-refractivity contribution in [3.63, 3.8) is 0 Å². The smallest absolute Gasteiger partial charge is 0.260 e. The zero-order valence-corrected chi connectivity index (χ0v) is 20.0. The first-order valence-corrected chi connectivity index (χ1v) is 12.2. The van der Waals surface area contributed by atoms with Crippen molar-refractivity contribution in [1.29, 1.82) is 0 Å². The molecule has 2 aromatic carbocycles. The van der Waals surface area contributed by atoms with Crippen LogP contribution in [0.3, 0.4) is 0 Å². The number of amides is 1. The van der Waals surface area contributed by atoms with Crippen LogP contribution in [0.15, 0.2) is 71.8 Å². The predicted molar refractivity (Wildman–Crippen MR) is 133 cm³/mol. The summed E-state index contributed by atoms with van der Waals surface area (Å²) in [6.45, 7) is 7.22. The Hall–Kier alpha value is -2.90. The lowest BCUT2D eigenvalue weighted by atomic mass is 10.2. The highest BCUT2D eigenvalue weighted by Gasteiger charge is 2.22. The number of carbonyl (C=O) groups is 1. The summed E-state index contributed by atoms with van der Waals surface area (Å²) < 4.78 is 6.60. The van der Waals surface area contributed by atoms with E-state index >= 15 is 0 Å². The van der Waals surface area contributed by atoms with E-state index in [1.165, 1.54) is 11.3 Å². The summed E-state index contributed by atoms with van der Waals surface area (Å²) >= 11 is 3.26. The van der Waals surface area contributed by atoms with E-state index in [0.29, 0.717) is 29.1 Å². The zero-order chi connectivity index (χ0) is 22.5. The quantitative estimate of drug-likeness (QED) is 0.282. The fourth-order valence-corrected chi connectivity index (χ4v) is 5.08. The molecule has 1 amide bonds. The average Bonchev–Trinajstić information content (AvgIpc) is 3.21. The molecule has 7 heteroatoms. The minimum absolute atomic E-state index is 0.0964. The lowest BCUT2D eigenvalue weighted by molar-refractivity contribution is 0.0984. The number of nitrogens with zero attached hydrogens (tertiary/aromatic N) is 3. The van der Waals surface area contributed by atoms with Crippen molar-refractivity contribution in [2.75, 3.05) is 11.5 Å². The van der Waals surface area contributed by atoms with E-state index in [-0.39, 0.29) is 5.91 Å². The number of ether oxygens (including phenoxy) is 1. The molecule has 0 unspecified atom stereocenters. The lowest BCUT2D eigenvalue weighted by Gasteiger charge is -2.20. The van der Waals surface area contributed by atoms with Gasteiger partial charge in [0.25, 0.3) is 5.91 Å². The molecule has 2 aromatic heterocycles. The number of hydrogen-bond donors (Lipinski definition) is 0. The molecule has 4 aromatic rings. The Kier molecular flexibility index (Phi) is 7.07. The van der Waals surface area contributed by atoms with Gasteiger partial charge < -0.3 is 4.74 Å². The molecular formula is C25H25N3O2S2. The van der Waals surface area contributed by atoms with Gasteiger partial charge >= 0.3 is 0 Å². The van der Waals surface area contributed by atoms with E-state index in [2.05, 4.69) is 18.8 Å². The van der Waals surface area contributed by atoms with Crippen molar-refractivity contribution in [2.45, 2.75) is 37.5 Å². The summed E-state index contributed by atoms with van der Waals surface area (Å²) in [6.07, 6.45) is 1.74. The highest BCUT2D eigenvalue weighted by molar-refractivity contribution is 7.99. The van der Waals surface area contributed by atoms with Crippen LogP contribution < -0.4 is 9.64 Å². The first-order chi connectivity index (χ1) is 15.5. The Morgan fingerprint density at radius 3 is 2.62 bits per heavy atom. The fraction of sp³-hybridized carbons (Fsp3) is 0.240. The standard InChI is InChI=1S/C25H25N3O2S2/c1-4-30-20-10-13-22-23(15-20)32-25(27-22)28(16-19-7-5-6-14-26-19)24(29)18-8-11-21(12-9-18)31-17(2)3/h5-15,17H,4,16H2,1-3H3.